The molecule has 2 aromatic carbocycles. The fourth-order valence-corrected chi connectivity index (χ4v) is 3.95. The van der Waals surface area contributed by atoms with Gasteiger partial charge < -0.3 is 14.6 Å². The Labute approximate surface area is 211 Å². The zero-order valence-corrected chi connectivity index (χ0v) is 20.8. The second kappa shape index (κ2) is 13.5. The maximum Gasteiger partial charge on any atom is 0.266 e. The van der Waals surface area contributed by atoms with E-state index in [0.717, 1.165) is 19.3 Å². The van der Waals surface area contributed by atoms with Crippen molar-refractivity contribution in [2.75, 3.05) is 19.8 Å². The number of amides is 1. The number of azide groups is 1. The van der Waals surface area contributed by atoms with E-state index in [1.165, 1.54) is 0 Å². The van der Waals surface area contributed by atoms with Crippen molar-refractivity contribution in [3.63, 3.8) is 0 Å². The molecule has 192 valence electrons. The van der Waals surface area contributed by atoms with Gasteiger partial charge >= 0.3 is 0 Å². The molecule has 36 heavy (non-hydrogen) atoms. The van der Waals surface area contributed by atoms with Crippen LogP contribution in [0, 0.1) is 0 Å². The van der Waals surface area contributed by atoms with Gasteiger partial charge in [0.1, 0.15) is 11.9 Å². The topological polar surface area (TPSA) is 141 Å². The molecule has 3 rings (SSSR count). The third-order valence-corrected chi connectivity index (χ3v) is 6.04. The Morgan fingerprint density at radius 1 is 1.22 bits per heavy atom. The molecule has 10 nitrogen and oxygen atoms in total. The molecule has 0 aromatic heterocycles. The van der Waals surface area contributed by atoms with Gasteiger partial charge in [0, 0.05) is 42.2 Å². The van der Waals surface area contributed by atoms with Crippen LogP contribution in [-0.2, 0) is 16.0 Å². The van der Waals surface area contributed by atoms with Gasteiger partial charge in [0.25, 0.3) is 5.91 Å². The van der Waals surface area contributed by atoms with Crippen LogP contribution >= 0.6 is 0 Å². The van der Waals surface area contributed by atoms with Gasteiger partial charge in [0.15, 0.2) is 5.54 Å². The Balaban J connectivity index is 1.89. The summed E-state index contributed by atoms with van der Waals surface area (Å²) in [5, 5.41) is 12.7. The van der Waals surface area contributed by atoms with Crippen molar-refractivity contribution in [3.05, 3.63) is 70.1 Å². The van der Waals surface area contributed by atoms with Crippen molar-refractivity contribution in [1.29, 1.82) is 0 Å². The Kier molecular flexibility index (Phi) is 10.1. The fourth-order valence-electron chi connectivity index (χ4n) is 3.95. The summed E-state index contributed by atoms with van der Waals surface area (Å²) in [5.74, 6) is 0.704. The maximum atomic E-state index is 13.6. The number of nitrogens with one attached hydrogen (secondary N) is 2. The van der Waals surface area contributed by atoms with Crippen molar-refractivity contribution in [2.45, 2.75) is 57.6 Å². The van der Waals surface area contributed by atoms with E-state index in [1.807, 2.05) is 31.2 Å². The van der Waals surface area contributed by atoms with Crippen LogP contribution in [0.15, 0.2) is 58.6 Å². The number of unbranched alkanes of at least 4 members (excludes halogenated alkanes) is 2. The Morgan fingerprint density at radius 2 is 2.00 bits per heavy atom. The van der Waals surface area contributed by atoms with E-state index in [0.29, 0.717) is 48.0 Å². The van der Waals surface area contributed by atoms with Crippen LogP contribution in [0.1, 0.15) is 50.7 Å². The van der Waals surface area contributed by atoms with E-state index >= 15 is 0 Å². The number of hydrogen-bond donors (Lipinski definition) is 3. The molecule has 1 aliphatic rings. The first kappa shape index (κ1) is 27.0. The first-order valence-corrected chi connectivity index (χ1v) is 12.3. The first-order valence-electron chi connectivity index (χ1n) is 12.3. The fraction of sp³-hybridized carbons (Fsp3) is 0.462. The minimum atomic E-state index is -1.27. The first-order chi connectivity index (χ1) is 17.5. The number of aliphatic hydroxyl groups is 1. The Hall–Kier alpha value is -3.59. The van der Waals surface area contributed by atoms with Gasteiger partial charge in [-0.15, -0.1) is 0 Å². The standard InChI is InChI=1S/C26H34N6O4/c1-3-4-7-15-28-31-25(34)26(18-21-9-5-6-10-23(21)30-32-27)19(2)36-24(29-26)20-11-13-22(14-12-20)35-17-8-16-33/h5-6,9-14,19,28,33H,3-4,7-8,15-18H2,1-2H3,(H,31,34)/t19-,26-/m0/s1. The van der Waals surface area contributed by atoms with Gasteiger partial charge in [0.05, 0.1) is 6.61 Å². The van der Waals surface area contributed by atoms with Crippen LogP contribution in [0.25, 0.3) is 10.4 Å². The number of rotatable bonds is 14. The zero-order valence-electron chi connectivity index (χ0n) is 20.8. The molecule has 0 spiro atoms. The van der Waals surface area contributed by atoms with E-state index in [2.05, 4.69) is 27.8 Å². The van der Waals surface area contributed by atoms with E-state index < -0.39 is 11.6 Å². The summed E-state index contributed by atoms with van der Waals surface area (Å²) in [6.45, 7) is 5.07. The average molecular weight is 495 g/mol. The number of aliphatic imine (C=N–C) groups is 1. The molecule has 0 bridgehead atoms. The summed E-state index contributed by atoms with van der Waals surface area (Å²) in [4.78, 5) is 21.3. The van der Waals surface area contributed by atoms with Crippen LogP contribution in [-0.4, -0.2) is 48.3 Å². The summed E-state index contributed by atoms with van der Waals surface area (Å²) in [7, 11) is 0. The van der Waals surface area contributed by atoms with Crippen molar-refractivity contribution >= 4 is 17.5 Å². The molecule has 2 atom stereocenters. The highest BCUT2D eigenvalue weighted by Crippen LogP contribution is 2.35. The number of carbonyl (C=O) groups excluding carboxylic acids is 1. The lowest BCUT2D eigenvalue weighted by Gasteiger charge is -2.28. The van der Waals surface area contributed by atoms with Gasteiger partial charge in [-0.05, 0) is 48.7 Å². The van der Waals surface area contributed by atoms with Crippen LogP contribution in [0.5, 0.6) is 5.75 Å². The number of hydrogen-bond acceptors (Lipinski definition) is 7. The van der Waals surface area contributed by atoms with Gasteiger partial charge in [-0.2, -0.15) is 0 Å². The maximum absolute atomic E-state index is 13.6. The van der Waals surface area contributed by atoms with Crippen molar-refractivity contribution in [2.24, 2.45) is 10.1 Å². The normalized spacial score (nSPS) is 18.6. The molecule has 1 aliphatic heterocycles. The zero-order chi connectivity index (χ0) is 25.8. The molecule has 0 fully saturated rings. The predicted molar refractivity (Wildman–Crippen MR) is 138 cm³/mol. The lowest BCUT2D eigenvalue weighted by atomic mass is 9.85. The molecular formula is C26H34N6O4. The number of ether oxygens (including phenoxy) is 2. The number of benzene rings is 2. The summed E-state index contributed by atoms with van der Waals surface area (Å²) < 4.78 is 11.7. The molecule has 0 aliphatic carbocycles. The number of aliphatic hydroxyl groups excluding tert-OH is 1. The molecule has 10 heteroatoms. The highest BCUT2D eigenvalue weighted by Gasteiger charge is 2.50. The smallest absolute Gasteiger partial charge is 0.266 e. The lowest BCUT2D eigenvalue weighted by molar-refractivity contribution is -0.129. The second-order valence-electron chi connectivity index (χ2n) is 8.63. The molecule has 2 aromatic rings. The van der Waals surface area contributed by atoms with Gasteiger partial charge in [-0.25, -0.2) is 10.4 Å². The van der Waals surface area contributed by atoms with E-state index in [1.54, 1.807) is 24.3 Å². The van der Waals surface area contributed by atoms with Crippen molar-refractivity contribution < 1.29 is 19.4 Å². The van der Waals surface area contributed by atoms with E-state index in [4.69, 9.17) is 25.1 Å². The lowest BCUT2D eigenvalue weighted by Crippen LogP contribution is -2.56. The Bertz CT molecular complexity index is 1080. The second-order valence-corrected chi connectivity index (χ2v) is 8.63. The molecule has 1 amide bonds. The molecule has 3 N–H and O–H groups in total. The molecule has 0 saturated heterocycles. The molecule has 0 unspecified atom stereocenters. The largest absolute Gasteiger partial charge is 0.494 e. The molecule has 0 saturated carbocycles. The summed E-state index contributed by atoms with van der Waals surface area (Å²) >= 11 is 0. The Morgan fingerprint density at radius 3 is 2.72 bits per heavy atom. The summed E-state index contributed by atoms with van der Waals surface area (Å²) in [6.07, 6.45) is 3.25. The third-order valence-electron chi connectivity index (χ3n) is 6.04. The van der Waals surface area contributed by atoms with E-state index in [9.17, 15) is 4.79 Å². The number of nitrogens with zero attached hydrogens (tertiary/aromatic N) is 4. The highest BCUT2D eigenvalue weighted by atomic mass is 16.5. The van der Waals surface area contributed by atoms with Crippen LogP contribution in [0.2, 0.25) is 0 Å². The van der Waals surface area contributed by atoms with Crippen LogP contribution in [0.3, 0.4) is 0 Å². The molecule has 1 heterocycles. The van der Waals surface area contributed by atoms with Gasteiger partial charge in [-0.1, -0.05) is 49.1 Å². The van der Waals surface area contributed by atoms with Gasteiger partial charge in [-0.3, -0.25) is 10.2 Å². The molecular weight excluding hydrogens is 460 g/mol. The summed E-state index contributed by atoms with van der Waals surface area (Å²) in [5.41, 5.74) is 15.4. The third kappa shape index (κ3) is 6.75. The van der Waals surface area contributed by atoms with Crippen molar-refractivity contribution in [3.8, 4) is 5.75 Å². The average Bonchev–Trinajstić information content (AvgIpc) is 3.22. The van der Waals surface area contributed by atoms with Crippen LogP contribution < -0.4 is 15.6 Å². The number of carbonyl (C=O) groups is 1. The highest BCUT2D eigenvalue weighted by molar-refractivity contribution is 6.00. The number of hydrazine groups is 1. The predicted octanol–water partition coefficient (Wildman–Crippen LogP) is 4.35. The van der Waals surface area contributed by atoms with Crippen molar-refractivity contribution in [1.82, 2.24) is 10.9 Å². The van der Waals surface area contributed by atoms with Gasteiger partial charge in [0.2, 0.25) is 5.90 Å². The SMILES string of the molecule is CCCCCNNC(=O)[C@@]1(Cc2ccccc2N=[N+]=[N-])N=C(c2ccc(OCCCO)cc2)O[C@H]1C. The van der Waals surface area contributed by atoms with Crippen LogP contribution in [0.4, 0.5) is 5.69 Å². The monoisotopic (exact) mass is 494 g/mol. The quantitative estimate of drug-likeness (QED) is 0.118. The van der Waals surface area contributed by atoms with E-state index in [-0.39, 0.29) is 18.9 Å². The minimum absolute atomic E-state index is 0.0705. The minimum Gasteiger partial charge on any atom is -0.494 e. The molecule has 0 radical (unpaired) electrons. The summed E-state index contributed by atoms with van der Waals surface area (Å²) in [6, 6.07) is 14.4.